The molecule has 41 heavy (non-hydrogen) atoms. The van der Waals surface area contributed by atoms with Gasteiger partial charge in [0.1, 0.15) is 16.5 Å². The number of anilines is 2. The summed E-state index contributed by atoms with van der Waals surface area (Å²) in [7, 11) is 0. The maximum atomic E-state index is 14.4. The van der Waals surface area contributed by atoms with Crippen LogP contribution in [0.5, 0.6) is 0 Å². The summed E-state index contributed by atoms with van der Waals surface area (Å²) in [5, 5.41) is 3.19. The summed E-state index contributed by atoms with van der Waals surface area (Å²) < 4.78 is 95.9. The Morgan fingerprint density at radius 1 is 0.732 bits per heavy atom. The number of carbonyl (C=O) groups excluding carboxylic acids is 2. The van der Waals surface area contributed by atoms with E-state index >= 15 is 0 Å². The van der Waals surface area contributed by atoms with Gasteiger partial charge in [-0.25, -0.2) is 17.6 Å². The van der Waals surface area contributed by atoms with Crippen LogP contribution in [-0.2, 0) is 11.0 Å². The quantitative estimate of drug-likeness (QED) is 0.129. The van der Waals surface area contributed by atoms with E-state index in [0.29, 0.717) is 21.7 Å². The minimum atomic E-state index is -5.72. The molecular formula is C29H19F7N2O2S. The fourth-order valence-corrected chi connectivity index (χ4v) is 4.88. The van der Waals surface area contributed by atoms with Crippen LogP contribution < -0.4 is 10.6 Å². The second-order valence-corrected chi connectivity index (χ2v) is 9.87. The molecule has 0 aliphatic heterocycles. The summed E-state index contributed by atoms with van der Waals surface area (Å²) in [6.07, 6.45) is -5.72. The molecule has 0 fully saturated rings. The first-order chi connectivity index (χ1) is 19.4. The Labute approximate surface area is 233 Å². The number of thioether (sulfide) groups is 1. The molecule has 12 heteroatoms. The highest BCUT2D eigenvalue weighted by molar-refractivity contribution is 8.00. The monoisotopic (exact) mass is 592 g/mol. The van der Waals surface area contributed by atoms with Crippen molar-refractivity contribution in [2.45, 2.75) is 23.2 Å². The van der Waals surface area contributed by atoms with Crippen LogP contribution in [0.25, 0.3) is 0 Å². The van der Waals surface area contributed by atoms with Crippen molar-refractivity contribution in [3.05, 3.63) is 124 Å². The van der Waals surface area contributed by atoms with Gasteiger partial charge >= 0.3 is 6.18 Å². The zero-order valence-corrected chi connectivity index (χ0v) is 21.8. The number of hydrogen-bond donors (Lipinski definition) is 2. The first-order valence-corrected chi connectivity index (χ1v) is 12.7. The minimum absolute atomic E-state index is 0.320. The SMILES string of the molecule is Cc1ccccc1C(=O)Nc1ccc(SC(C(=O)Nc2c(F)c(F)c(C(F)(F)F)c(F)c2F)c2ccccc2)cc1. The highest BCUT2D eigenvalue weighted by atomic mass is 32.2. The maximum Gasteiger partial charge on any atom is 0.422 e. The fraction of sp³-hybridized carbons (Fsp3) is 0.103. The molecule has 212 valence electrons. The normalized spacial score (nSPS) is 12.1. The highest BCUT2D eigenvalue weighted by Gasteiger charge is 2.42. The minimum Gasteiger partial charge on any atom is -0.322 e. The van der Waals surface area contributed by atoms with E-state index in [1.165, 1.54) is 12.1 Å². The van der Waals surface area contributed by atoms with Gasteiger partial charge in [-0.05, 0) is 48.4 Å². The summed E-state index contributed by atoms with van der Waals surface area (Å²) >= 11 is 0.886. The highest BCUT2D eigenvalue weighted by Crippen LogP contribution is 2.40. The predicted octanol–water partition coefficient (Wildman–Crippen LogP) is 8.29. The molecule has 0 aromatic heterocycles. The molecule has 0 aliphatic rings. The summed E-state index contributed by atoms with van der Waals surface area (Å²) in [6.45, 7) is 1.79. The molecular weight excluding hydrogens is 573 g/mol. The van der Waals surface area contributed by atoms with Gasteiger partial charge in [-0.3, -0.25) is 9.59 Å². The predicted molar refractivity (Wildman–Crippen MR) is 141 cm³/mol. The average Bonchev–Trinajstić information content (AvgIpc) is 2.93. The van der Waals surface area contributed by atoms with Gasteiger partial charge in [0.15, 0.2) is 23.3 Å². The van der Waals surface area contributed by atoms with Gasteiger partial charge in [-0.1, -0.05) is 48.5 Å². The second-order valence-electron chi connectivity index (χ2n) is 8.69. The van der Waals surface area contributed by atoms with Crippen molar-refractivity contribution >= 4 is 35.0 Å². The van der Waals surface area contributed by atoms with Crippen LogP contribution in [0.2, 0.25) is 0 Å². The third-order valence-electron chi connectivity index (χ3n) is 5.89. The molecule has 0 bridgehead atoms. The molecule has 1 atom stereocenters. The van der Waals surface area contributed by atoms with Gasteiger partial charge in [0.2, 0.25) is 5.91 Å². The van der Waals surface area contributed by atoms with Crippen LogP contribution in [-0.4, -0.2) is 11.8 Å². The van der Waals surface area contributed by atoms with Crippen LogP contribution >= 0.6 is 11.8 Å². The zero-order valence-electron chi connectivity index (χ0n) is 21.0. The van der Waals surface area contributed by atoms with Crippen LogP contribution in [0.3, 0.4) is 0 Å². The standard InChI is InChI=1S/C29H19F7N2O2S/c1-15-7-5-6-10-19(15)27(39)37-17-11-13-18(14-12-17)41-26(16-8-3-2-4-9-16)28(40)38-25-23(32)21(30)20(29(34,35)36)22(31)24(25)33/h2-14,26H,1H3,(H,37,39)(H,38,40). The number of nitrogens with one attached hydrogen (secondary N) is 2. The lowest BCUT2D eigenvalue weighted by atomic mass is 10.1. The molecule has 4 aromatic rings. The van der Waals surface area contributed by atoms with E-state index in [2.05, 4.69) is 5.32 Å². The lowest BCUT2D eigenvalue weighted by Crippen LogP contribution is -2.23. The largest absolute Gasteiger partial charge is 0.422 e. The summed E-state index contributed by atoms with van der Waals surface area (Å²) in [5.74, 6) is -11.7. The van der Waals surface area contributed by atoms with Crippen molar-refractivity contribution in [3.63, 3.8) is 0 Å². The number of aryl methyl sites for hydroxylation is 1. The Hall–Kier alpha value is -4.32. The number of halogens is 7. The Morgan fingerprint density at radius 2 is 1.29 bits per heavy atom. The first kappa shape index (κ1) is 29.7. The molecule has 0 radical (unpaired) electrons. The molecule has 1 unspecified atom stereocenters. The summed E-state index contributed by atoms with van der Waals surface area (Å²) in [5.41, 5.74) is -2.43. The second kappa shape index (κ2) is 12.0. The molecule has 0 spiro atoms. The number of carbonyl (C=O) groups is 2. The smallest absolute Gasteiger partial charge is 0.322 e. The van der Waals surface area contributed by atoms with Crippen molar-refractivity contribution in [1.82, 2.24) is 0 Å². The van der Waals surface area contributed by atoms with Crippen molar-refractivity contribution < 1.29 is 40.3 Å². The molecule has 4 rings (SSSR count). The maximum absolute atomic E-state index is 14.4. The molecule has 4 aromatic carbocycles. The van der Waals surface area contributed by atoms with Crippen molar-refractivity contribution in [2.75, 3.05) is 10.6 Å². The molecule has 4 nitrogen and oxygen atoms in total. The fourth-order valence-electron chi connectivity index (χ4n) is 3.86. The van der Waals surface area contributed by atoms with Gasteiger partial charge < -0.3 is 10.6 Å². The Bertz CT molecular complexity index is 1560. The lowest BCUT2D eigenvalue weighted by Gasteiger charge is -2.19. The average molecular weight is 593 g/mol. The van der Waals surface area contributed by atoms with Gasteiger partial charge in [0.05, 0.1) is 0 Å². The Balaban J connectivity index is 1.59. The van der Waals surface area contributed by atoms with E-state index in [1.807, 2.05) is 0 Å². The zero-order chi connectivity index (χ0) is 29.9. The van der Waals surface area contributed by atoms with Crippen LogP contribution in [0.4, 0.5) is 42.1 Å². The van der Waals surface area contributed by atoms with Crippen LogP contribution in [0.1, 0.15) is 32.3 Å². The van der Waals surface area contributed by atoms with Gasteiger partial charge in [-0.15, -0.1) is 11.8 Å². The van der Waals surface area contributed by atoms with Crippen LogP contribution in [0.15, 0.2) is 83.8 Å². The van der Waals surface area contributed by atoms with Crippen molar-refractivity contribution in [2.24, 2.45) is 0 Å². The van der Waals surface area contributed by atoms with E-state index in [0.717, 1.165) is 17.3 Å². The van der Waals surface area contributed by atoms with Crippen molar-refractivity contribution in [3.8, 4) is 0 Å². The first-order valence-electron chi connectivity index (χ1n) is 11.8. The Kier molecular flexibility index (Phi) is 8.72. The third-order valence-corrected chi connectivity index (χ3v) is 7.16. The van der Waals surface area contributed by atoms with E-state index in [9.17, 15) is 40.3 Å². The van der Waals surface area contributed by atoms with Gasteiger partial charge in [0.25, 0.3) is 5.91 Å². The number of rotatable bonds is 7. The van der Waals surface area contributed by atoms with E-state index < -0.39 is 51.9 Å². The van der Waals surface area contributed by atoms with E-state index in [4.69, 9.17) is 0 Å². The lowest BCUT2D eigenvalue weighted by molar-refractivity contribution is -0.143. The number of benzene rings is 4. The van der Waals surface area contributed by atoms with Gasteiger partial charge in [-0.2, -0.15) is 13.2 Å². The number of hydrogen-bond acceptors (Lipinski definition) is 3. The van der Waals surface area contributed by atoms with Crippen molar-refractivity contribution in [1.29, 1.82) is 0 Å². The number of alkyl halides is 3. The summed E-state index contributed by atoms with van der Waals surface area (Å²) in [6, 6.07) is 21.0. The van der Waals surface area contributed by atoms with Gasteiger partial charge in [0, 0.05) is 16.1 Å². The molecule has 0 heterocycles. The topological polar surface area (TPSA) is 58.2 Å². The Morgan fingerprint density at radius 3 is 1.85 bits per heavy atom. The van der Waals surface area contributed by atoms with E-state index in [1.54, 1.807) is 79.0 Å². The summed E-state index contributed by atoms with van der Waals surface area (Å²) in [4.78, 5) is 26.2. The molecule has 2 amide bonds. The molecule has 0 saturated carbocycles. The molecule has 2 N–H and O–H groups in total. The number of amides is 2. The van der Waals surface area contributed by atoms with E-state index in [-0.39, 0.29) is 5.91 Å². The molecule has 0 aliphatic carbocycles. The third kappa shape index (κ3) is 6.54. The molecule has 0 saturated heterocycles. The van der Waals surface area contributed by atoms with Crippen LogP contribution in [0, 0.1) is 30.2 Å².